The van der Waals surface area contributed by atoms with E-state index in [1.54, 1.807) is 56.7 Å². The Kier molecular flexibility index (Phi) is 8.02. The van der Waals surface area contributed by atoms with Gasteiger partial charge in [0.05, 0.1) is 30.9 Å². The van der Waals surface area contributed by atoms with Crippen LogP contribution in [0, 0.1) is 6.07 Å². The standard InChI is InChI=1S/C33H32N5O4S/c1-41-26-20-24(21-27(22-26)42-2)34-32-33(36-29-15-7-6-14-28(29)35-32)37-43(39,40)31-17-9-8-16-30(31)38-18-10-13-25(38)19-23-11-4-3-5-12-23/h3-9,11-12,14-15,17,20-22,25H,10,13,18-19H2,1-2H3,(H,34,35)(H,36,37). The second-order valence-corrected chi connectivity index (χ2v) is 12.0. The van der Waals surface area contributed by atoms with Crippen LogP contribution >= 0.6 is 0 Å². The Labute approximate surface area is 251 Å². The van der Waals surface area contributed by atoms with Crippen LogP contribution in [0.15, 0.2) is 95.9 Å². The Balaban J connectivity index is 1.36. The first-order valence-electron chi connectivity index (χ1n) is 14.0. The number of hydrogen-bond acceptors (Lipinski definition) is 8. The van der Waals surface area contributed by atoms with Crippen LogP contribution in [0.25, 0.3) is 11.0 Å². The largest absolute Gasteiger partial charge is 0.497 e. The summed E-state index contributed by atoms with van der Waals surface area (Å²) in [5, 5.41) is 3.21. The van der Waals surface area contributed by atoms with Gasteiger partial charge in [-0.3, -0.25) is 4.72 Å². The molecule has 2 heterocycles. The molecular formula is C33H32N5O4S. The van der Waals surface area contributed by atoms with E-state index in [1.807, 2.05) is 36.4 Å². The maximum Gasteiger partial charge on any atom is 0.265 e. The quantitative estimate of drug-likeness (QED) is 0.197. The van der Waals surface area contributed by atoms with Crippen LogP contribution in [0.2, 0.25) is 0 Å². The normalized spacial score (nSPS) is 14.9. The summed E-state index contributed by atoms with van der Waals surface area (Å²) in [6.07, 6.45) is 2.77. The third-order valence-corrected chi connectivity index (χ3v) is 8.85. The molecular weight excluding hydrogens is 562 g/mol. The number of methoxy groups -OCH3 is 2. The second kappa shape index (κ2) is 12.2. The molecule has 6 rings (SSSR count). The molecule has 1 atom stereocenters. The first-order valence-corrected chi connectivity index (χ1v) is 15.5. The van der Waals surface area contributed by atoms with Crippen molar-refractivity contribution in [2.45, 2.75) is 30.2 Å². The van der Waals surface area contributed by atoms with Gasteiger partial charge in [-0.05, 0) is 43.0 Å². The molecule has 5 aromatic rings. The van der Waals surface area contributed by atoms with E-state index in [0.29, 0.717) is 33.9 Å². The summed E-state index contributed by atoms with van der Waals surface area (Å²) in [4.78, 5) is 11.7. The Bertz CT molecular complexity index is 1830. The number of ether oxygens (including phenoxy) is 2. The summed E-state index contributed by atoms with van der Waals surface area (Å²) >= 11 is 0. The average molecular weight is 595 g/mol. The van der Waals surface area contributed by atoms with Crippen molar-refractivity contribution < 1.29 is 17.9 Å². The SMILES string of the molecule is COc1cc(Nc2nc3ccccc3nc2NS(=O)(=O)c2ccc[c]c2N2CCCC2Cc2ccccc2)cc(OC)c1. The molecule has 1 aliphatic rings. The van der Waals surface area contributed by atoms with Crippen molar-refractivity contribution in [3.8, 4) is 11.5 Å². The fourth-order valence-corrected chi connectivity index (χ4v) is 6.63. The minimum Gasteiger partial charge on any atom is -0.497 e. The van der Waals surface area contributed by atoms with Gasteiger partial charge in [0.1, 0.15) is 16.4 Å². The zero-order valence-corrected chi connectivity index (χ0v) is 24.8. The molecule has 1 saturated heterocycles. The molecule has 43 heavy (non-hydrogen) atoms. The van der Waals surface area contributed by atoms with Crippen molar-refractivity contribution in [1.29, 1.82) is 0 Å². The fraction of sp³-hybridized carbons (Fsp3) is 0.212. The monoisotopic (exact) mass is 594 g/mol. The number of benzene rings is 4. The molecule has 0 bridgehead atoms. The number of anilines is 4. The van der Waals surface area contributed by atoms with Crippen LogP contribution in [0.4, 0.5) is 23.0 Å². The van der Waals surface area contributed by atoms with E-state index in [0.717, 1.165) is 25.8 Å². The first-order chi connectivity index (χ1) is 20.9. The molecule has 4 aromatic carbocycles. The fourth-order valence-electron chi connectivity index (χ4n) is 5.44. The van der Waals surface area contributed by atoms with Crippen molar-refractivity contribution in [2.24, 2.45) is 0 Å². The van der Waals surface area contributed by atoms with Gasteiger partial charge in [-0.2, -0.15) is 0 Å². The van der Waals surface area contributed by atoms with Crippen LogP contribution < -0.4 is 24.4 Å². The van der Waals surface area contributed by atoms with E-state index >= 15 is 0 Å². The average Bonchev–Trinajstić information content (AvgIpc) is 3.49. The van der Waals surface area contributed by atoms with Crippen molar-refractivity contribution in [1.82, 2.24) is 9.97 Å². The molecule has 0 amide bonds. The molecule has 2 N–H and O–H groups in total. The van der Waals surface area contributed by atoms with E-state index in [4.69, 9.17) is 14.5 Å². The van der Waals surface area contributed by atoms with Gasteiger partial charge in [-0.25, -0.2) is 18.4 Å². The minimum absolute atomic E-state index is 0.0672. The molecule has 1 fully saturated rings. The predicted octanol–water partition coefficient (Wildman–Crippen LogP) is 6.20. The van der Waals surface area contributed by atoms with Gasteiger partial charge in [0.2, 0.25) is 0 Å². The molecule has 10 heteroatoms. The van der Waals surface area contributed by atoms with Crippen LogP contribution in [-0.2, 0) is 16.4 Å². The van der Waals surface area contributed by atoms with E-state index in [9.17, 15) is 8.42 Å². The number of fused-ring (bicyclic) bond motifs is 1. The number of sulfonamides is 1. The molecule has 1 unspecified atom stereocenters. The van der Waals surface area contributed by atoms with Crippen molar-refractivity contribution >= 4 is 44.1 Å². The Morgan fingerprint density at radius 3 is 2.26 bits per heavy atom. The lowest BCUT2D eigenvalue weighted by atomic mass is 10.0. The van der Waals surface area contributed by atoms with E-state index in [2.05, 4.69) is 38.1 Å². The molecule has 0 saturated carbocycles. The highest BCUT2D eigenvalue weighted by Gasteiger charge is 2.31. The lowest BCUT2D eigenvalue weighted by Gasteiger charge is -2.28. The summed E-state index contributed by atoms with van der Waals surface area (Å²) in [5.41, 5.74) is 3.52. The van der Waals surface area contributed by atoms with Crippen LogP contribution in [0.5, 0.6) is 11.5 Å². The van der Waals surface area contributed by atoms with Gasteiger partial charge in [-0.1, -0.05) is 54.6 Å². The smallest absolute Gasteiger partial charge is 0.265 e. The topological polar surface area (TPSA) is 106 Å². The van der Waals surface area contributed by atoms with Gasteiger partial charge in [0, 0.05) is 42.5 Å². The summed E-state index contributed by atoms with van der Waals surface area (Å²) in [6, 6.07) is 31.3. The molecule has 1 aromatic heterocycles. The van der Waals surface area contributed by atoms with Crippen LogP contribution in [0.3, 0.4) is 0 Å². The minimum atomic E-state index is -4.10. The van der Waals surface area contributed by atoms with Gasteiger partial charge < -0.3 is 19.7 Å². The van der Waals surface area contributed by atoms with Crippen LogP contribution in [-0.4, -0.2) is 45.2 Å². The van der Waals surface area contributed by atoms with E-state index in [-0.39, 0.29) is 22.6 Å². The lowest BCUT2D eigenvalue weighted by molar-refractivity contribution is 0.395. The van der Waals surface area contributed by atoms with Crippen molar-refractivity contribution in [3.05, 3.63) is 103 Å². The van der Waals surface area contributed by atoms with Gasteiger partial charge in [0.15, 0.2) is 11.6 Å². The Hall–Kier alpha value is -4.83. The number of para-hydroxylation sites is 3. The summed E-state index contributed by atoms with van der Waals surface area (Å²) in [6.45, 7) is 0.751. The van der Waals surface area contributed by atoms with E-state index in [1.165, 1.54) is 5.56 Å². The van der Waals surface area contributed by atoms with Crippen molar-refractivity contribution in [2.75, 3.05) is 35.7 Å². The maximum absolute atomic E-state index is 14.1. The number of nitrogens with zero attached hydrogens (tertiary/aromatic N) is 3. The Morgan fingerprint density at radius 1 is 0.884 bits per heavy atom. The zero-order chi connectivity index (χ0) is 29.8. The third kappa shape index (κ3) is 6.19. The molecule has 0 spiro atoms. The highest BCUT2D eigenvalue weighted by atomic mass is 32.2. The molecule has 9 nitrogen and oxygen atoms in total. The summed E-state index contributed by atoms with van der Waals surface area (Å²) < 4.78 is 41.7. The van der Waals surface area contributed by atoms with Gasteiger partial charge in [0.25, 0.3) is 10.0 Å². The number of nitrogens with one attached hydrogen (secondary N) is 2. The molecule has 1 aliphatic heterocycles. The molecule has 219 valence electrons. The van der Waals surface area contributed by atoms with Crippen molar-refractivity contribution in [3.63, 3.8) is 0 Å². The summed E-state index contributed by atoms with van der Waals surface area (Å²) in [7, 11) is -0.976. The molecule has 0 aliphatic carbocycles. The van der Waals surface area contributed by atoms with Gasteiger partial charge >= 0.3 is 0 Å². The summed E-state index contributed by atoms with van der Waals surface area (Å²) in [5.74, 6) is 1.44. The highest BCUT2D eigenvalue weighted by molar-refractivity contribution is 7.92. The predicted molar refractivity (Wildman–Crippen MR) is 169 cm³/mol. The molecule has 1 radical (unpaired) electrons. The third-order valence-electron chi connectivity index (χ3n) is 7.48. The zero-order valence-electron chi connectivity index (χ0n) is 23.9. The number of aromatic nitrogens is 2. The highest BCUT2D eigenvalue weighted by Crippen LogP contribution is 2.35. The van der Waals surface area contributed by atoms with E-state index < -0.39 is 10.0 Å². The maximum atomic E-state index is 14.1. The Morgan fingerprint density at radius 2 is 1.56 bits per heavy atom. The van der Waals surface area contributed by atoms with Crippen LogP contribution in [0.1, 0.15) is 18.4 Å². The second-order valence-electron chi connectivity index (χ2n) is 10.3. The number of rotatable bonds is 10. The number of hydrogen-bond donors (Lipinski definition) is 2. The van der Waals surface area contributed by atoms with Gasteiger partial charge in [-0.15, -0.1) is 0 Å². The lowest BCUT2D eigenvalue weighted by Crippen LogP contribution is -2.32. The first kappa shape index (κ1) is 28.3.